The lowest BCUT2D eigenvalue weighted by Gasteiger charge is -2.13. The Morgan fingerprint density at radius 3 is 2.57 bits per heavy atom. The number of methoxy groups -OCH3 is 1. The number of carbonyl (C=O) groups is 1. The van der Waals surface area contributed by atoms with Crippen molar-refractivity contribution in [3.8, 4) is 5.75 Å². The highest BCUT2D eigenvalue weighted by molar-refractivity contribution is 7.89. The van der Waals surface area contributed by atoms with Gasteiger partial charge in [0.25, 0.3) is 5.91 Å². The van der Waals surface area contributed by atoms with E-state index >= 15 is 0 Å². The maximum absolute atomic E-state index is 12.7. The molecule has 9 heteroatoms. The molecule has 0 aliphatic rings. The Labute approximate surface area is 167 Å². The van der Waals surface area contributed by atoms with Crippen molar-refractivity contribution >= 4 is 37.5 Å². The molecule has 0 bridgehead atoms. The zero-order valence-electron chi connectivity index (χ0n) is 16.0. The van der Waals surface area contributed by atoms with Crippen LogP contribution in [0.15, 0.2) is 52.4 Å². The summed E-state index contributed by atoms with van der Waals surface area (Å²) in [7, 11) is -0.615. The first-order chi connectivity index (χ1) is 13.2. The summed E-state index contributed by atoms with van der Waals surface area (Å²) in [5.74, 6) is -0.358. The first kappa shape index (κ1) is 20.2. The Kier molecular flexibility index (Phi) is 5.69. The molecule has 3 rings (SSSR count). The number of hydrogen-bond acceptors (Lipinski definition) is 5. The average Bonchev–Trinajstić information content (AvgIpc) is 2.96. The number of aryl methyl sites for hydroxylation is 1. The summed E-state index contributed by atoms with van der Waals surface area (Å²) >= 11 is 1.39. The minimum absolute atomic E-state index is 0.0922. The fourth-order valence-corrected chi connectivity index (χ4v) is 5.20. The fraction of sp³-hybridized carbons (Fsp3) is 0.263. The second kappa shape index (κ2) is 7.86. The molecule has 3 aromatic rings. The third-order valence-electron chi connectivity index (χ3n) is 4.00. The SMILES string of the molecule is COc1ccc(C(=O)N=c2sc3ccccc3n2C)cc1S(=O)(=O)NC(C)C. The van der Waals surface area contributed by atoms with Crippen LogP contribution in [0.5, 0.6) is 5.75 Å². The molecule has 7 nitrogen and oxygen atoms in total. The number of nitrogens with zero attached hydrogens (tertiary/aromatic N) is 2. The lowest BCUT2D eigenvalue weighted by atomic mass is 10.2. The van der Waals surface area contributed by atoms with E-state index in [1.165, 1.54) is 36.6 Å². The number of carbonyl (C=O) groups excluding carboxylic acids is 1. The number of rotatable bonds is 5. The molecule has 1 aromatic heterocycles. The predicted molar refractivity (Wildman–Crippen MR) is 109 cm³/mol. The Hall–Kier alpha value is -2.49. The minimum atomic E-state index is -3.83. The van der Waals surface area contributed by atoms with Gasteiger partial charge in [0.15, 0.2) is 4.80 Å². The van der Waals surface area contributed by atoms with Gasteiger partial charge in [0.2, 0.25) is 10.0 Å². The van der Waals surface area contributed by atoms with Crippen molar-refractivity contribution in [2.75, 3.05) is 7.11 Å². The molecule has 0 radical (unpaired) electrons. The van der Waals surface area contributed by atoms with Gasteiger partial charge in [-0.15, -0.1) is 0 Å². The molecule has 2 aromatic carbocycles. The molecule has 0 spiro atoms. The van der Waals surface area contributed by atoms with Crippen molar-refractivity contribution in [1.82, 2.24) is 9.29 Å². The number of ether oxygens (including phenoxy) is 1. The smallest absolute Gasteiger partial charge is 0.279 e. The van der Waals surface area contributed by atoms with Crippen molar-refractivity contribution in [2.24, 2.45) is 12.0 Å². The topological polar surface area (TPSA) is 89.8 Å². The normalized spacial score (nSPS) is 12.7. The van der Waals surface area contributed by atoms with Gasteiger partial charge in [-0.2, -0.15) is 4.99 Å². The van der Waals surface area contributed by atoms with Gasteiger partial charge in [-0.25, -0.2) is 13.1 Å². The second-order valence-corrected chi connectivity index (χ2v) is 9.16. The van der Waals surface area contributed by atoms with Crippen molar-refractivity contribution in [3.63, 3.8) is 0 Å². The summed E-state index contributed by atoms with van der Waals surface area (Å²) in [6.07, 6.45) is 0. The average molecular weight is 420 g/mol. The maximum atomic E-state index is 12.7. The molecule has 1 N–H and O–H groups in total. The van der Waals surface area contributed by atoms with Crippen LogP contribution in [0.2, 0.25) is 0 Å². The van der Waals surface area contributed by atoms with Crippen LogP contribution in [0.4, 0.5) is 0 Å². The number of sulfonamides is 1. The summed E-state index contributed by atoms with van der Waals surface area (Å²) in [5, 5.41) is 0. The number of amides is 1. The van der Waals surface area contributed by atoms with E-state index in [0.29, 0.717) is 4.80 Å². The molecule has 1 amide bonds. The van der Waals surface area contributed by atoms with Gasteiger partial charge in [0, 0.05) is 18.7 Å². The number of benzene rings is 2. The van der Waals surface area contributed by atoms with Gasteiger partial charge in [-0.05, 0) is 44.2 Å². The second-order valence-electron chi connectivity index (χ2n) is 6.47. The van der Waals surface area contributed by atoms with E-state index in [1.807, 2.05) is 35.9 Å². The molecule has 0 unspecified atom stereocenters. The third kappa shape index (κ3) is 4.01. The molecule has 1 heterocycles. The molecule has 0 saturated carbocycles. The van der Waals surface area contributed by atoms with Gasteiger partial charge in [0.1, 0.15) is 10.6 Å². The molecular formula is C19H21N3O4S2. The summed E-state index contributed by atoms with van der Waals surface area (Å²) in [5.41, 5.74) is 1.14. The molecule has 148 valence electrons. The highest BCUT2D eigenvalue weighted by Gasteiger charge is 2.22. The van der Waals surface area contributed by atoms with E-state index in [9.17, 15) is 13.2 Å². The lowest BCUT2D eigenvalue weighted by Crippen LogP contribution is -2.30. The number of fused-ring (bicyclic) bond motifs is 1. The zero-order valence-corrected chi connectivity index (χ0v) is 17.6. The molecule has 28 heavy (non-hydrogen) atoms. The summed E-state index contributed by atoms with van der Waals surface area (Å²) < 4.78 is 35.7. The van der Waals surface area contributed by atoms with Crippen molar-refractivity contribution in [2.45, 2.75) is 24.8 Å². The zero-order chi connectivity index (χ0) is 20.5. The first-order valence-electron chi connectivity index (χ1n) is 8.57. The van der Waals surface area contributed by atoms with E-state index in [4.69, 9.17) is 4.74 Å². The number of thiazole rings is 1. The fourth-order valence-electron chi connectivity index (χ4n) is 2.73. The van der Waals surface area contributed by atoms with Crippen LogP contribution >= 0.6 is 11.3 Å². The highest BCUT2D eigenvalue weighted by atomic mass is 32.2. The van der Waals surface area contributed by atoms with Crippen molar-refractivity contribution < 1.29 is 17.9 Å². The van der Waals surface area contributed by atoms with E-state index < -0.39 is 15.9 Å². The molecule has 0 atom stereocenters. The van der Waals surface area contributed by atoms with Crippen LogP contribution in [0.3, 0.4) is 0 Å². The van der Waals surface area contributed by atoms with Crippen molar-refractivity contribution in [1.29, 1.82) is 0 Å². The number of aromatic nitrogens is 1. The van der Waals surface area contributed by atoms with Crippen LogP contribution < -0.4 is 14.3 Å². The van der Waals surface area contributed by atoms with Crippen molar-refractivity contribution in [3.05, 3.63) is 52.8 Å². The van der Waals surface area contributed by atoms with Gasteiger partial charge in [-0.3, -0.25) is 4.79 Å². The summed E-state index contributed by atoms with van der Waals surface area (Å²) in [6.45, 7) is 3.44. The van der Waals surface area contributed by atoms with Crippen LogP contribution in [0.1, 0.15) is 24.2 Å². The van der Waals surface area contributed by atoms with Crippen LogP contribution in [0, 0.1) is 0 Å². The molecule has 0 fully saturated rings. The Bertz CT molecular complexity index is 1210. The number of nitrogens with one attached hydrogen (secondary N) is 1. The Morgan fingerprint density at radius 2 is 1.93 bits per heavy atom. The molecule has 0 aliphatic carbocycles. The minimum Gasteiger partial charge on any atom is -0.495 e. The predicted octanol–water partition coefficient (Wildman–Crippen LogP) is 2.68. The molecule has 0 aliphatic heterocycles. The summed E-state index contributed by atoms with van der Waals surface area (Å²) in [6, 6.07) is 11.7. The maximum Gasteiger partial charge on any atom is 0.279 e. The van der Waals surface area contributed by atoms with E-state index in [-0.39, 0.29) is 22.3 Å². The quantitative estimate of drug-likeness (QED) is 0.688. The number of para-hydroxylation sites is 1. The van der Waals surface area contributed by atoms with Crippen LogP contribution in [0.25, 0.3) is 10.2 Å². The lowest BCUT2D eigenvalue weighted by molar-refractivity contribution is 0.0997. The number of hydrogen-bond donors (Lipinski definition) is 1. The largest absolute Gasteiger partial charge is 0.495 e. The monoisotopic (exact) mass is 419 g/mol. The Morgan fingerprint density at radius 1 is 1.21 bits per heavy atom. The van der Waals surface area contributed by atoms with Crippen LogP contribution in [-0.2, 0) is 17.1 Å². The molecule has 0 saturated heterocycles. The van der Waals surface area contributed by atoms with Gasteiger partial charge < -0.3 is 9.30 Å². The van der Waals surface area contributed by atoms with Gasteiger partial charge in [-0.1, -0.05) is 23.5 Å². The van der Waals surface area contributed by atoms with Gasteiger partial charge in [0.05, 0.1) is 17.3 Å². The van der Waals surface area contributed by atoms with E-state index in [2.05, 4.69) is 9.71 Å². The highest BCUT2D eigenvalue weighted by Crippen LogP contribution is 2.25. The first-order valence-corrected chi connectivity index (χ1v) is 10.9. The molecular weight excluding hydrogens is 398 g/mol. The Balaban J connectivity index is 2.07. The van der Waals surface area contributed by atoms with E-state index in [1.54, 1.807) is 13.8 Å². The standard InChI is InChI=1S/C19H21N3O4S2/c1-12(2)21-28(24,25)17-11-13(9-10-15(17)26-4)18(23)20-19-22(3)14-7-5-6-8-16(14)27-19/h5-12,21H,1-4H3. The summed E-state index contributed by atoms with van der Waals surface area (Å²) in [4.78, 5) is 17.3. The van der Waals surface area contributed by atoms with Crippen LogP contribution in [-0.4, -0.2) is 32.0 Å². The van der Waals surface area contributed by atoms with Gasteiger partial charge >= 0.3 is 0 Å². The van der Waals surface area contributed by atoms with E-state index in [0.717, 1.165) is 10.2 Å². The third-order valence-corrected chi connectivity index (χ3v) is 6.80.